The lowest BCUT2D eigenvalue weighted by Gasteiger charge is -2.04. The summed E-state index contributed by atoms with van der Waals surface area (Å²) in [7, 11) is 0. The van der Waals surface area contributed by atoms with Gasteiger partial charge in [-0.15, -0.1) is 0 Å². The van der Waals surface area contributed by atoms with E-state index in [9.17, 15) is 0 Å². The third-order valence-corrected chi connectivity index (χ3v) is 2.74. The summed E-state index contributed by atoms with van der Waals surface area (Å²) >= 11 is 1.58. The molecule has 1 aromatic rings. The van der Waals surface area contributed by atoms with E-state index in [1.165, 1.54) is 10.5 Å². The average molecular weight is 189 g/mol. The first-order chi connectivity index (χ1) is 6.24. The average Bonchev–Trinajstić information content (AvgIpc) is 2.09. The van der Waals surface area contributed by atoms with Crippen LogP contribution < -0.4 is 0 Å². The van der Waals surface area contributed by atoms with Crippen molar-refractivity contribution in [1.82, 2.24) is 0 Å². The van der Waals surface area contributed by atoms with Crippen LogP contribution in [0.3, 0.4) is 0 Å². The normalized spacial score (nSPS) is 9.23. The summed E-state index contributed by atoms with van der Waals surface area (Å²) in [5.74, 6) is 0. The van der Waals surface area contributed by atoms with Crippen LogP contribution in [0.15, 0.2) is 40.6 Å². The van der Waals surface area contributed by atoms with E-state index in [0.717, 1.165) is 4.91 Å². The fourth-order valence-electron chi connectivity index (χ4n) is 0.951. The Morgan fingerprint density at radius 1 is 1.54 bits per heavy atom. The van der Waals surface area contributed by atoms with Crippen molar-refractivity contribution in [3.63, 3.8) is 0 Å². The maximum atomic E-state index is 8.46. The molecule has 0 amide bonds. The molecule has 0 aromatic heterocycles. The van der Waals surface area contributed by atoms with Gasteiger partial charge in [0.25, 0.3) is 0 Å². The van der Waals surface area contributed by atoms with Crippen LogP contribution in [0, 0.1) is 18.3 Å². The largest absolute Gasteiger partial charge is 0.198 e. The van der Waals surface area contributed by atoms with E-state index in [0.29, 0.717) is 6.42 Å². The molecule has 0 atom stereocenters. The molecule has 0 aliphatic heterocycles. The van der Waals surface area contributed by atoms with E-state index < -0.39 is 0 Å². The highest BCUT2D eigenvalue weighted by Crippen LogP contribution is 2.29. The minimum Gasteiger partial charge on any atom is -0.198 e. The number of nitriles is 1. The van der Waals surface area contributed by atoms with Crippen LogP contribution in [0.5, 0.6) is 0 Å². The number of aryl methyl sites for hydroxylation is 1. The van der Waals surface area contributed by atoms with E-state index in [2.05, 4.69) is 25.6 Å². The van der Waals surface area contributed by atoms with E-state index in [-0.39, 0.29) is 0 Å². The molecular formula is C11H11NS. The third kappa shape index (κ3) is 2.96. The second-order valence-electron chi connectivity index (χ2n) is 2.74. The predicted molar refractivity (Wildman–Crippen MR) is 56.4 cm³/mol. The number of benzene rings is 1. The molecule has 0 N–H and O–H groups in total. The Hall–Kier alpha value is -1.20. The third-order valence-electron chi connectivity index (χ3n) is 1.62. The van der Waals surface area contributed by atoms with Gasteiger partial charge in [0, 0.05) is 4.90 Å². The molecule has 0 heterocycles. The molecule has 1 nitrogen and oxygen atoms in total. The molecule has 0 spiro atoms. The molecule has 0 radical (unpaired) electrons. The zero-order valence-electron chi connectivity index (χ0n) is 7.58. The summed E-state index contributed by atoms with van der Waals surface area (Å²) in [6.45, 7) is 5.88. The van der Waals surface area contributed by atoms with Crippen molar-refractivity contribution >= 4 is 11.8 Å². The molecule has 0 bridgehead atoms. The second-order valence-corrected chi connectivity index (χ2v) is 3.96. The molecule has 0 fully saturated rings. The first-order valence-corrected chi connectivity index (χ1v) is 4.84. The molecule has 0 saturated carbocycles. The fourth-order valence-corrected chi connectivity index (χ4v) is 1.77. The van der Waals surface area contributed by atoms with E-state index >= 15 is 0 Å². The van der Waals surface area contributed by atoms with Crippen LogP contribution in [-0.2, 0) is 0 Å². The highest BCUT2D eigenvalue weighted by Gasteiger charge is 1.99. The maximum Gasteiger partial charge on any atom is 0.0675 e. The Kier molecular flexibility index (Phi) is 3.60. The number of nitrogens with zero attached hydrogens (tertiary/aromatic N) is 1. The van der Waals surface area contributed by atoms with Crippen molar-refractivity contribution in [2.45, 2.75) is 18.2 Å². The maximum absolute atomic E-state index is 8.46. The molecule has 0 aliphatic rings. The molecule has 1 rings (SSSR count). The van der Waals surface area contributed by atoms with E-state index in [1.54, 1.807) is 11.8 Å². The van der Waals surface area contributed by atoms with Crippen molar-refractivity contribution in [3.8, 4) is 6.07 Å². The van der Waals surface area contributed by atoms with Crippen LogP contribution >= 0.6 is 11.8 Å². The van der Waals surface area contributed by atoms with Gasteiger partial charge in [0.2, 0.25) is 0 Å². The molecule has 0 saturated heterocycles. The van der Waals surface area contributed by atoms with Crippen LogP contribution in [-0.4, -0.2) is 0 Å². The smallest absolute Gasteiger partial charge is 0.0675 e. The Balaban J connectivity index is 2.70. The Morgan fingerprint density at radius 3 is 2.85 bits per heavy atom. The number of thioether (sulfide) groups is 1. The summed E-state index contributed by atoms with van der Waals surface area (Å²) in [6, 6.07) is 10.2. The molecule has 13 heavy (non-hydrogen) atoms. The first kappa shape index (κ1) is 9.88. The summed E-state index contributed by atoms with van der Waals surface area (Å²) in [5, 5.41) is 8.46. The van der Waals surface area contributed by atoms with Gasteiger partial charge in [-0.05, 0) is 23.5 Å². The summed E-state index contributed by atoms with van der Waals surface area (Å²) in [5.41, 5.74) is 1.23. The summed E-state index contributed by atoms with van der Waals surface area (Å²) in [4.78, 5) is 2.08. The Labute approximate surface area is 83.1 Å². The zero-order valence-corrected chi connectivity index (χ0v) is 8.40. The first-order valence-electron chi connectivity index (χ1n) is 4.02. The lowest BCUT2D eigenvalue weighted by Crippen LogP contribution is -1.79. The highest BCUT2D eigenvalue weighted by atomic mass is 32.2. The van der Waals surface area contributed by atoms with Crippen molar-refractivity contribution < 1.29 is 0 Å². The molecule has 0 unspecified atom stereocenters. The Bertz CT molecular complexity index is 349. The molecular weight excluding hydrogens is 178 g/mol. The molecule has 1 aromatic carbocycles. The van der Waals surface area contributed by atoms with E-state index in [4.69, 9.17) is 5.26 Å². The SMILES string of the molecule is C=C(CC#N)Sc1ccccc1C. The van der Waals surface area contributed by atoms with Gasteiger partial charge in [0.15, 0.2) is 0 Å². The molecule has 0 aliphatic carbocycles. The van der Waals surface area contributed by atoms with Crippen LogP contribution in [0.25, 0.3) is 0 Å². The number of rotatable bonds is 3. The van der Waals surface area contributed by atoms with Gasteiger partial charge in [-0.25, -0.2) is 0 Å². The topological polar surface area (TPSA) is 23.8 Å². The van der Waals surface area contributed by atoms with Crippen LogP contribution in [0.4, 0.5) is 0 Å². The van der Waals surface area contributed by atoms with Gasteiger partial charge in [-0.2, -0.15) is 5.26 Å². The minimum absolute atomic E-state index is 0.416. The van der Waals surface area contributed by atoms with Crippen molar-refractivity contribution in [2.75, 3.05) is 0 Å². The standard InChI is InChI=1S/C11H11NS/c1-9-5-3-4-6-11(9)13-10(2)7-8-12/h3-6H,2,7H2,1H3. The monoisotopic (exact) mass is 189 g/mol. The van der Waals surface area contributed by atoms with Crippen molar-refractivity contribution in [3.05, 3.63) is 41.3 Å². The van der Waals surface area contributed by atoms with Crippen LogP contribution in [0.1, 0.15) is 12.0 Å². The van der Waals surface area contributed by atoms with Gasteiger partial charge in [-0.1, -0.05) is 36.5 Å². The lowest BCUT2D eigenvalue weighted by molar-refractivity contribution is 1.29. The Morgan fingerprint density at radius 2 is 2.23 bits per heavy atom. The minimum atomic E-state index is 0.416. The van der Waals surface area contributed by atoms with Gasteiger partial charge in [0.05, 0.1) is 12.5 Å². The summed E-state index contributed by atoms with van der Waals surface area (Å²) < 4.78 is 0. The quantitative estimate of drug-likeness (QED) is 0.679. The van der Waals surface area contributed by atoms with Crippen LogP contribution in [0.2, 0.25) is 0 Å². The van der Waals surface area contributed by atoms with E-state index in [1.807, 2.05) is 18.2 Å². The highest BCUT2D eigenvalue weighted by molar-refractivity contribution is 8.03. The number of hydrogen-bond acceptors (Lipinski definition) is 2. The fraction of sp³-hybridized carbons (Fsp3) is 0.182. The van der Waals surface area contributed by atoms with Crippen molar-refractivity contribution in [1.29, 1.82) is 5.26 Å². The van der Waals surface area contributed by atoms with Gasteiger partial charge in [-0.3, -0.25) is 0 Å². The molecule has 66 valence electrons. The van der Waals surface area contributed by atoms with Gasteiger partial charge in [0.1, 0.15) is 0 Å². The van der Waals surface area contributed by atoms with Gasteiger partial charge < -0.3 is 0 Å². The lowest BCUT2D eigenvalue weighted by atomic mass is 10.2. The number of allylic oxidation sites excluding steroid dienone is 1. The zero-order chi connectivity index (χ0) is 9.68. The predicted octanol–water partition coefficient (Wildman–Crippen LogP) is 3.51. The van der Waals surface area contributed by atoms with Crippen molar-refractivity contribution in [2.24, 2.45) is 0 Å². The second kappa shape index (κ2) is 4.74. The van der Waals surface area contributed by atoms with Gasteiger partial charge >= 0.3 is 0 Å². The molecule has 2 heteroatoms. The number of hydrogen-bond donors (Lipinski definition) is 0. The summed E-state index contributed by atoms with van der Waals surface area (Å²) in [6.07, 6.45) is 0.416.